The SMILES string of the molecule is CC(Nc1nccc(N2C(=O)OC[C@@H]2C(C)C)n1)c1ncc(Oc2cncc(Br)c2)cn1. The van der Waals surface area contributed by atoms with Gasteiger partial charge < -0.3 is 14.8 Å². The maximum absolute atomic E-state index is 12.2. The molecular weight excluding hydrogens is 478 g/mol. The molecule has 1 saturated heterocycles. The number of rotatable bonds is 7. The standard InChI is InChI=1S/C21H22BrN7O3/c1-12(2)17-11-31-21(30)29(17)18-4-5-24-20(28-18)27-13(3)19-25-9-16(10-26-19)32-15-6-14(22)7-23-8-15/h4-10,12-13,17H,11H2,1-3H3,(H,24,27,28)/t13?,17-/m1/s1. The summed E-state index contributed by atoms with van der Waals surface area (Å²) in [5, 5.41) is 3.17. The summed E-state index contributed by atoms with van der Waals surface area (Å²) in [5.74, 6) is 2.69. The van der Waals surface area contributed by atoms with Crippen molar-refractivity contribution in [2.75, 3.05) is 16.8 Å². The molecular formula is C21H22BrN7O3. The molecule has 4 heterocycles. The van der Waals surface area contributed by atoms with E-state index in [1.807, 2.05) is 20.8 Å². The number of ether oxygens (including phenoxy) is 2. The summed E-state index contributed by atoms with van der Waals surface area (Å²) < 4.78 is 11.7. The van der Waals surface area contributed by atoms with Crippen LogP contribution in [-0.2, 0) is 4.74 Å². The number of halogens is 1. The Balaban J connectivity index is 1.44. The van der Waals surface area contributed by atoms with Crippen LogP contribution in [0.15, 0.2) is 47.6 Å². The molecule has 3 aromatic heterocycles. The van der Waals surface area contributed by atoms with Crippen molar-refractivity contribution < 1.29 is 14.3 Å². The Morgan fingerprint density at radius 2 is 1.94 bits per heavy atom. The molecule has 0 aliphatic carbocycles. The van der Waals surface area contributed by atoms with Crippen molar-refractivity contribution in [1.82, 2.24) is 24.9 Å². The van der Waals surface area contributed by atoms with E-state index in [0.29, 0.717) is 35.7 Å². The molecule has 0 bridgehead atoms. The number of pyridine rings is 1. The highest BCUT2D eigenvalue weighted by molar-refractivity contribution is 9.10. The molecule has 1 aliphatic heterocycles. The molecule has 166 valence electrons. The van der Waals surface area contributed by atoms with E-state index < -0.39 is 6.09 Å². The van der Waals surface area contributed by atoms with Crippen LogP contribution in [0, 0.1) is 5.92 Å². The van der Waals surface area contributed by atoms with Crippen molar-refractivity contribution in [2.45, 2.75) is 32.9 Å². The molecule has 1 N–H and O–H groups in total. The average Bonchev–Trinajstić information content (AvgIpc) is 3.16. The molecule has 10 nitrogen and oxygen atoms in total. The van der Waals surface area contributed by atoms with E-state index >= 15 is 0 Å². The Hall–Kier alpha value is -3.34. The summed E-state index contributed by atoms with van der Waals surface area (Å²) in [6.07, 6.45) is 7.66. The number of hydrogen-bond acceptors (Lipinski definition) is 9. The van der Waals surface area contributed by atoms with Crippen LogP contribution in [0.5, 0.6) is 11.5 Å². The van der Waals surface area contributed by atoms with E-state index in [4.69, 9.17) is 9.47 Å². The minimum Gasteiger partial charge on any atom is -0.452 e. The minimum atomic E-state index is -0.402. The van der Waals surface area contributed by atoms with Crippen LogP contribution in [0.2, 0.25) is 0 Å². The zero-order valence-corrected chi connectivity index (χ0v) is 19.4. The highest BCUT2D eigenvalue weighted by atomic mass is 79.9. The first kappa shape index (κ1) is 21.9. The summed E-state index contributed by atoms with van der Waals surface area (Å²) in [7, 11) is 0. The van der Waals surface area contributed by atoms with Crippen LogP contribution in [-0.4, -0.2) is 43.7 Å². The van der Waals surface area contributed by atoms with Gasteiger partial charge in [-0.05, 0) is 40.9 Å². The van der Waals surface area contributed by atoms with Crippen LogP contribution in [0.3, 0.4) is 0 Å². The van der Waals surface area contributed by atoms with E-state index in [1.165, 1.54) is 0 Å². The van der Waals surface area contributed by atoms with Crippen molar-refractivity contribution in [3.05, 3.63) is 53.4 Å². The summed E-state index contributed by atoms with van der Waals surface area (Å²) in [6, 6.07) is 3.14. The first-order chi connectivity index (χ1) is 15.4. The number of carbonyl (C=O) groups excluding carboxylic acids is 1. The molecule has 3 aromatic rings. The van der Waals surface area contributed by atoms with Gasteiger partial charge in [-0.15, -0.1) is 0 Å². The van der Waals surface area contributed by atoms with Gasteiger partial charge >= 0.3 is 6.09 Å². The summed E-state index contributed by atoms with van der Waals surface area (Å²) >= 11 is 3.36. The van der Waals surface area contributed by atoms with Gasteiger partial charge in [0.05, 0.1) is 30.7 Å². The lowest BCUT2D eigenvalue weighted by Gasteiger charge is -2.23. The summed E-state index contributed by atoms with van der Waals surface area (Å²) in [5.41, 5.74) is 0. The van der Waals surface area contributed by atoms with E-state index in [0.717, 1.165) is 4.47 Å². The first-order valence-corrected chi connectivity index (χ1v) is 10.9. The van der Waals surface area contributed by atoms with Crippen molar-refractivity contribution in [3.8, 4) is 11.5 Å². The minimum absolute atomic E-state index is 0.0704. The molecule has 32 heavy (non-hydrogen) atoms. The van der Waals surface area contributed by atoms with Crippen LogP contribution in [0.1, 0.15) is 32.6 Å². The Labute approximate surface area is 193 Å². The fourth-order valence-electron chi connectivity index (χ4n) is 3.19. The number of carbonyl (C=O) groups is 1. The Morgan fingerprint density at radius 3 is 2.66 bits per heavy atom. The van der Waals surface area contributed by atoms with Gasteiger partial charge in [-0.2, -0.15) is 4.98 Å². The zero-order valence-electron chi connectivity index (χ0n) is 17.8. The normalized spacial score (nSPS) is 16.7. The third-order valence-electron chi connectivity index (χ3n) is 4.86. The number of anilines is 2. The van der Waals surface area contributed by atoms with E-state index in [-0.39, 0.29) is 18.0 Å². The lowest BCUT2D eigenvalue weighted by Crippen LogP contribution is -2.37. The van der Waals surface area contributed by atoms with Crippen molar-refractivity contribution in [2.24, 2.45) is 5.92 Å². The van der Waals surface area contributed by atoms with Gasteiger partial charge in [-0.3, -0.25) is 9.88 Å². The highest BCUT2D eigenvalue weighted by Crippen LogP contribution is 2.27. The number of nitrogens with one attached hydrogen (secondary N) is 1. The number of nitrogens with zero attached hydrogens (tertiary/aromatic N) is 6. The summed E-state index contributed by atoms with van der Waals surface area (Å²) in [4.78, 5) is 35.3. The molecule has 0 saturated carbocycles. The average molecular weight is 500 g/mol. The monoisotopic (exact) mass is 499 g/mol. The molecule has 1 aliphatic rings. The predicted octanol–water partition coefficient (Wildman–Crippen LogP) is 4.37. The van der Waals surface area contributed by atoms with E-state index in [9.17, 15) is 4.79 Å². The topological polar surface area (TPSA) is 115 Å². The predicted molar refractivity (Wildman–Crippen MR) is 121 cm³/mol. The Bertz CT molecular complexity index is 1100. The van der Waals surface area contributed by atoms with Crippen LogP contribution < -0.4 is 15.0 Å². The second-order valence-corrected chi connectivity index (χ2v) is 8.50. The number of cyclic esters (lactones) is 1. The summed E-state index contributed by atoms with van der Waals surface area (Å²) in [6.45, 7) is 6.32. The van der Waals surface area contributed by atoms with E-state index in [1.54, 1.807) is 48.0 Å². The number of amides is 1. The quantitative estimate of drug-likeness (QED) is 0.505. The molecule has 0 radical (unpaired) electrons. The Kier molecular flexibility index (Phi) is 6.45. The number of aromatic nitrogens is 5. The molecule has 1 amide bonds. The molecule has 1 unspecified atom stereocenters. The van der Waals surface area contributed by atoms with Gasteiger partial charge in [-0.25, -0.2) is 19.7 Å². The van der Waals surface area contributed by atoms with Gasteiger partial charge in [0.25, 0.3) is 0 Å². The third kappa shape index (κ3) is 4.93. The van der Waals surface area contributed by atoms with Crippen LogP contribution >= 0.6 is 15.9 Å². The van der Waals surface area contributed by atoms with E-state index in [2.05, 4.69) is 46.2 Å². The second-order valence-electron chi connectivity index (χ2n) is 7.58. The zero-order chi connectivity index (χ0) is 22.7. The maximum atomic E-state index is 12.2. The van der Waals surface area contributed by atoms with Crippen LogP contribution in [0.25, 0.3) is 0 Å². The molecule has 4 rings (SSSR count). The van der Waals surface area contributed by atoms with Gasteiger partial charge in [0, 0.05) is 16.9 Å². The lowest BCUT2D eigenvalue weighted by atomic mass is 10.0. The maximum Gasteiger partial charge on any atom is 0.415 e. The van der Waals surface area contributed by atoms with Gasteiger partial charge in [0.15, 0.2) is 11.6 Å². The second kappa shape index (κ2) is 9.43. The van der Waals surface area contributed by atoms with Gasteiger partial charge in [-0.1, -0.05) is 13.8 Å². The smallest absolute Gasteiger partial charge is 0.415 e. The van der Waals surface area contributed by atoms with Gasteiger partial charge in [0.1, 0.15) is 18.2 Å². The Morgan fingerprint density at radius 1 is 1.16 bits per heavy atom. The highest BCUT2D eigenvalue weighted by Gasteiger charge is 2.37. The van der Waals surface area contributed by atoms with Crippen LogP contribution in [0.4, 0.5) is 16.6 Å². The first-order valence-electron chi connectivity index (χ1n) is 10.1. The molecule has 0 spiro atoms. The van der Waals surface area contributed by atoms with Crippen molar-refractivity contribution in [3.63, 3.8) is 0 Å². The lowest BCUT2D eigenvalue weighted by molar-refractivity contribution is 0.177. The van der Waals surface area contributed by atoms with Crippen molar-refractivity contribution >= 4 is 33.8 Å². The van der Waals surface area contributed by atoms with Gasteiger partial charge in [0.2, 0.25) is 5.95 Å². The fourth-order valence-corrected chi connectivity index (χ4v) is 3.53. The number of hydrogen-bond donors (Lipinski definition) is 1. The molecule has 11 heteroatoms. The molecule has 1 fully saturated rings. The molecule has 2 atom stereocenters. The third-order valence-corrected chi connectivity index (χ3v) is 5.29. The molecule has 0 aromatic carbocycles. The fraction of sp³-hybridized carbons (Fsp3) is 0.333. The van der Waals surface area contributed by atoms with Crippen molar-refractivity contribution in [1.29, 1.82) is 0 Å². The largest absolute Gasteiger partial charge is 0.452 e.